The third-order valence-corrected chi connectivity index (χ3v) is 3.45. The van der Waals surface area contributed by atoms with E-state index in [1.807, 2.05) is 0 Å². The zero-order valence-corrected chi connectivity index (χ0v) is 11.0. The van der Waals surface area contributed by atoms with E-state index in [-0.39, 0.29) is 5.97 Å². The molecule has 2 atom stereocenters. The molecule has 0 aromatic heterocycles. The molecule has 2 aliphatic rings. The standard InChI is InChI=1S/C14H20N2O2/c1-15-10-11-16(9-8-13(17)18-2)14(15)12-6-4-3-5-7-12/h3-6,10-12,14H,7-9H2,1-2H3. The lowest BCUT2D eigenvalue weighted by Crippen LogP contribution is -2.43. The van der Waals surface area contributed by atoms with E-state index in [0.29, 0.717) is 25.0 Å². The summed E-state index contributed by atoms with van der Waals surface area (Å²) < 4.78 is 4.69. The number of ether oxygens (including phenoxy) is 1. The second-order valence-electron chi connectivity index (χ2n) is 4.65. The van der Waals surface area contributed by atoms with Crippen molar-refractivity contribution in [2.24, 2.45) is 5.92 Å². The lowest BCUT2D eigenvalue weighted by atomic mass is 9.96. The summed E-state index contributed by atoms with van der Waals surface area (Å²) in [5.74, 6) is 0.309. The summed E-state index contributed by atoms with van der Waals surface area (Å²) in [5.41, 5.74) is 0. The number of hydrogen-bond acceptors (Lipinski definition) is 4. The minimum Gasteiger partial charge on any atom is -0.469 e. The van der Waals surface area contributed by atoms with Crippen LogP contribution in [0.15, 0.2) is 36.7 Å². The summed E-state index contributed by atoms with van der Waals surface area (Å²) in [7, 11) is 3.51. The maximum Gasteiger partial charge on any atom is 0.307 e. The van der Waals surface area contributed by atoms with Crippen molar-refractivity contribution in [1.29, 1.82) is 0 Å². The fraction of sp³-hybridized carbons (Fsp3) is 0.500. The monoisotopic (exact) mass is 248 g/mol. The molecule has 1 heterocycles. The second-order valence-corrected chi connectivity index (χ2v) is 4.65. The highest BCUT2D eigenvalue weighted by molar-refractivity contribution is 5.69. The van der Waals surface area contributed by atoms with Crippen LogP contribution < -0.4 is 0 Å². The summed E-state index contributed by atoms with van der Waals surface area (Å²) in [5, 5.41) is 0. The number of rotatable bonds is 4. The number of methoxy groups -OCH3 is 1. The van der Waals surface area contributed by atoms with E-state index in [9.17, 15) is 4.79 Å². The van der Waals surface area contributed by atoms with Gasteiger partial charge in [0.1, 0.15) is 6.17 Å². The van der Waals surface area contributed by atoms with Gasteiger partial charge in [0.25, 0.3) is 0 Å². The van der Waals surface area contributed by atoms with E-state index in [2.05, 4.69) is 58.3 Å². The van der Waals surface area contributed by atoms with Gasteiger partial charge in [-0.2, -0.15) is 0 Å². The van der Waals surface area contributed by atoms with Gasteiger partial charge in [0, 0.05) is 31.9 Å². The van der Waals surface area contributed by atoms with Crippen LogP contribution in [0.5, 0.6) is 0 Å². The van der Waals surface area contributed by atoms with Crippen molar-refractivity contribution in [3.8, 4) is 0 Å². The Kier molecular flexibility index (Phi) is 4.07. The predicted octanol–water partition coefficient (Wildman–Crippen LogP) is 1.73. The van der Waals surface area contributed by atoms with Crippen LogP contribution in [0.4, 0.5) is 0 Å². The van der Waals surface area contributed by atoms with Gasteiger partial charge >= 0.3 is 5.97 Å². The van der Waals surface area contributed by atoms with Crippen LogP contribution >= 0.6 is 0 Å². The molecule has 0 spiro atoms. The van der Waals surface area contributed by atoms with Gasteiger partial charge < -0.3 is 14.5 Å². The van der Waals surface area contributed by atoms with Gasteiger partial charge in [-0.05, 0) is 6.42 Å². The van der Waals surface area contributed by atoms with Crippen molar-refractivity contribution in [2.45, 2.75) is 19.0 Å². The zero-order chi connectivity index (χ0) is 13.0. The quantitative estimate of drug-likeness (QED) is 0.709. The topological polar surface area (TPSA) is 32.8 Å². The fourth-order valence-corrected chi connectivity index (χ4v) is 2.50. The van der Waals surface area contributed by atoms with Gasteiger partial charge in [-0.15, -0.1) is 0 Å². The summed E-state index contributed by atoms with van der Waals surface area (Å²) in [6.07, 6.45) is 14.5. The van der Waals surface area contributed by atoms with E-state index < -0.39 is 0 Å². The smallest absolute Gasteiger partial charge is 0.307 e. The third kappa shape index (κ3) is 2.75. The Morgan fingerprint density at radius 3 is 2.89 bits per heavy atom. The molecule has 0 aromatic carbocycles. The van der Waals surface area contributed by atoms with Gasteiger partial charge in [-0.1, -0.05) is 24.3 Å². The number of carbonyl (C=O) groups is 1. The maximum absolute atomic E-state index is 11.2. The van der Waals surface area contributed by atoms with Gasteiger partial charge in [0.15, 0.2) is 0 Å². The van der Waals surface area contributed by atoms with E-state index in [0.717, 1.165) is 6.42 Å². The Morgan fingerprint density at radius 1 is 1.39 bits per heavy atom. The number of esters is 1. The lowest BCUT2D eigenvalue weighted by molar-refractivity contribution is -0.141. The van der Waals surface area contributed by atoms with Crippen LogP contribution in [0, 0.1) is 5.92 Å². The van der Waals surface area contributed by atoms with Gasteiger partial charge in [0.2, 0.25) is 0 Å². The van der Waals surface area contributed by atoms with E-state index in [4.69, 9.17) is 0 Å². The highest BCUT2D eigenvalue weighted by Crippen LogP contribution is 2.27. The molecule has 1 aliphatic heterocycles. The van der Waals surface area contributed by atoms with Crippen molar-refractivity contribution in [2.75, 3.05) is 20.7 Å². The summed E-state index contributed by atoms with van der Waals surface area (Å²) in [6.45, 7) is 0.701. The first-order chi connectivity index (χ1) is 8.72. The summed E-state index contributed by atoms with van der Waals surface area (Å²) in [4.78, 5) is 15.6. The molecule has 98 valence electrons. The number of nitrogens with zero attached hydrogens (tertiary/aromatic N) is 2. The molecule has 4 heteroatoms. The molecule has 0 N–H and O–H groups in total. The first-order valence-corrected chi connectivity index (χ1v) is 6.28. The maximum atomic E-state index is 11.2. The van der Waals surface area contributed by atoms with Crippen molar-refractivity contribution < 1.29 is 9.53 Å². The lowest BCUT2D eigenvalue weighted by Gasteiger charge is -2.35. The highest BCUT2D eigenvalue weighted by atomic mass is 16.5. The van der Waals surface area contributed by atoms with Crippen molar-refractivity contribution in [1.82, 2.24) is 9.80 Å². The van der Waals surface area contributed by atoms with Crippen LogP contribution in [-0.2, 0) is 9.53 Å². The summed E-state index contributed by atoms with van der Waals surface area (Å²) >= 11 is 0. The minimum absolute atomic E-state index is 0.157. The van der Waals surface area contributed by atoms with Gasteiger partial charge in [-0.25, -0.2) is 0 Å². The Balaban J connectivity index is 1.96. The Hall–Kier alpha value is -1.71. The molecule has 0 saturated carbocycles. The highest BCUT2D eigenvalue weighted by Gasteiger charge is 2.30. The molecular weight excluding hydrogens is 228 g/mol. The average molecular weight is 248 g/mol. The fourth-order valence-electron chi connectivity index (χ4n) is 2.50. The molecule has 0 bridgehead atoms. The molecule has 2 unspecified atom stereocenters. The predicted molar refractivity (Wildman–Crippen MR) is 70.4 cm³/mol. The van der Waals surface area contributed by atoms with Crippen molar-refractivity contribution in [3.05, 3.63) is 36.7 Å². The van der Waals surface area contributed by atoms with Crippen LogP contribution in [-0.4, -0.2) is 42.6 Å². The van der Waals surface area contributed by atoms with Crippen LogP contribution in [0.3, 0.4) is 0 Å². The Morgan fingerprint density at radius 2 is 2.22 bits per heavy atom. The normalized spacial score (nSPS) is 25.9. The third-order valence-electron chi connectivity index (χ3n) is 3.45. The van der Waals surface area contributed by atoms with Crippen LogP contribution in [0.25, 0.3) is 0 Å². The number of carbonyl (C=O) groups excluding carboxylic acids is 1. The molecule has 18 heavy (non-hydrogen) atoms. The Bertz CT molecular complexity index is 387. The molecule has 0 radical (unpaired) electrons. The molecule has 2 rings (SSSR count). The van der Waals surface area contributed by atoms with Gasteiger partial charge in [-0.3, -0.25) is 4.79 Å². The van der Waals surface area contributed by atoms with Crippen LogP contribution in [0.1, 0.15) is 12.8 Å². The number of allylic oxidation sites excluding steroid dienone is 3. The molecule has 0 fully saturated rings. The Labute approximate surface area is 108 Å². The molecule has 0 saturated heterocycles. The largest absolute Gasteiger partial charge is 0.469 e. The molecule has 1 aliphatic carbocycles. The first kappa shape index (κ1) is 12.7. The zero-order valence-electron chi connectivity index (χ0n) is 11.0. The van der Waals surface area contributed by atoms with E-state index in [1.165, 1.54) is 7.11 Å². The summed E-state index contributed by atoms with van der Waals surface area (Å²) in [6, 6.07) is 0. The van der Waals surface area contributed by atoms with E-state index >= 15 is 0 Å². The molecule has 0 aromatic rings. The SMILES string of the molecule is COC(=O)CCN1C=CN(C)C1C1C=CC=CC1. The van der Waals surface area contributed by atoms with Crippen molar-refractivity contribution >= 4 is 5.97 Å². The molecular formula is C14H20N2O2. The van der Waals surface area contributed by atoms with Gasteiger partial charge in [0.05, 0.1) is 13.5 Å². The first-order valence-electron chi connectivity index (χ1n) is 6.28. The molecule has 4 nitrogen and oxygen atoms in total. The average Bonchev–Trinajstić information content (AvgIpc) is 2.78. The number of hydrogen-bond donors (Lipinski definition) is 0. The van der Waals surface area contributed by atoms with E-state index in [1.54, 1.807) is 0 Å². The molecule has 0 amide bonds. The van der Waals surface area contributed by atoms with Crippen molar-refractivity contribution in [3.63, 3.8) is 0 Å². The minimum atomic E-state index is -0.157. The van der Waals surface area contributed by atoms with Crippen LogP contribution in [0.2, 0.25) is 0 Å². The second kappa shape index (κ2) is 5.76.